The molecule has 1 aliphatic heterocycles. The quantitative estimate of drug-likeness (QED) is 0.724. The molecule has 2 aromatic heterocycles. The van der Waals surface area contributed by atoms with Gasteiger partial charge in [0.25, 0.3) is 5.91 Å². The average Bonchev–Trinajstić information content (AvgIpc) is 3.32. The minimum Gasteiger partial charge on any atom is -0.459 e. The van der Waals surface area contributed by atoms with Crippen LogP contribution in [0.2, 0.25) is 5.02 Å². The third-order valence-electron chi connectivity index (χ3n) is 4.96. The number of nitrogens with zero attached hydrogens (tertiary/aromatic N) is 2. The topological polar surface area (TPSA) is 72.1 Å². The Labute approximate surface area is 162 Å². The normalized spacial score (nSPS) is 19.8. The number of nitrogens with one attached hydrogen (secondary N) is 2. The molecule has 140 valence electrons. The largest absolute Gasteiger partial charge is 0.459 e. The molecule has 0 unspecified atom stereocenters. The molecular weight excluding hydrogens is 364 g/mol. The number of benzene rings is 1. The van der Waals surface area contributed by atoms with Crippen molar-refractivity contribution in [1.82, 2.24) is 20.4 Å². The summed E-state index contributed by atoms with van der Waals surface area (Å²) in [4.78, 5) is 12.7. The summed E-state index contributed by atoms with van der Waals surface area (Å²) in [7, 11) is 1.85. The summed E-state index contributed by atoms with van der Waals surface area (Å²) in [6.45, 7) is 1.64. The third-order valence-corrected chi connectivity index (χ3v) is 5.21. The second-order valence-corrected chi connectivity index (χ2v) is 7.27. The Hall–Kier alpha value is -2.57. The van der Waals surface area contributed by atoms with Crippen molar-refractivity contribution >= 4 is 17.5 Å². The first-order valence-corrected chi connectivity index (χ1v) is 9.32. The van der Waals surface area contributed by atoms with E-state index >= 15 is 0 Å². The maximum absolute atomic E-state index is 12.7. The number of carbonyl (C=O) groups excluding carboxylic acids is 1. The van der Waals surface area contributed by atoms with Crippen LogP contribution >= 0.6 is 11.6 Å². The first-order valence-electron chi connectivity index (χ1n) is 8.95. The lowest BCUT2D eigenvalue weighted by molar-refractivity contribution is 0.0896. The van der Waals surface area contributed by atoms with Gasteiger partial charge in [0.1, 0.15) is 0 Å². The highest BCUT2D eigenvalue weighted by Crippen LogP contribution is 2.27. The number of piperidine rings is 1. The Morgan fingerprint density at radius 2 is 2.15 bits per heavy atom. The van der Waals surface area contributed by atoms with Crippen molar-refractivity contribution in [3.63, 3.8) is 0 Å². The van der Waals surface area contributed by atoms with E-state index in [0.29, 0.717) is 10.8 Å². The van der Waals surface area contributed by atoms with Crippen LogP contribution in [-0.4, -0.2) is 34.8 Å². The highest BCUT2D eigenvalue weighted by molar-refractivity contribution is 6.30. The van der Waals surface area contributed by atoms with Gasteiger partial charge in [0, 0.05) is 47.9 Å². The molecule has 3 heterocycles. The van der Waals surface area contributed by atoms with E-state index in [4.69, 9.17) is 16.0 Å². The summed E-state index contributed by atoms with van der Waals surface area (Å²) in [5, 5.41) is 11.3. The first kappa shape index (κ1) is 17.8. The molecule has 0 aliphatic carbocycles. The van der Waals surface area contributed by atoms with E-state index < -0.39 is 0 Å². The Kier molecular flexibility index (Phi) is 5.01. The Morgan fingerprint density at radius 3 is 2.89 bits per heavy atom. The maximum atomic E-state index is 12.7. The average molecular weight is 385 g/mol. The molecule has 1 fully saturated rings. The lowest BCUT2D eigenvalue weighted by Crippen LogP contribution is -2.49. The van der Waals surface area contributed by atoms with Gasteiger partial charge < -0.3 is 15.1 Å². The zero-order valence-corrected chi connectivity index (χ0v) is 15.7. The molecule has 4 rings (SSSR count). The lowest BCUT2D eigenvalue weighted by atomic mass is 9.86. The van der Waals surface area contributed by atoms with Crippen molar-refractivity contribution < 1.29 is 9.21 Å². The number of aryl methyl sites for hydroxylation is 1. The van der Waals surface area contributed by atoms with Crippen molar-refractivity contribution in [1.29, 1.82) is 0 Å². The van der Waals surface area contributed by atoms with E-state index in [2.05, 4.69) is 15.7 Å². The Balaban J connectivity index is 1.49. The van der Waals surface area contributed by atoms with Gasteiger partial charge in [0.05, 0.1) is 12.5 Å². The number of aromatic nitrogens is 2. The molecule has 2 N–H and O–H groups in total. The van der Waals surface area contributed by atoms with E-state index in [1.165, 1.54) is 5.56 Å². The fourth-order valence-electron chi connectivity index (χ4n) is 3.54. The molecule has 6 nitrogen and oxygen atoms in total. The van der Waals surface area contributed by atoms with Crippen LogP contribution < -0.4 is 10.6 Å². The van der Waals surface area contributed by atoms with Gasteiger partial charge in [-0.2, -0.15) is 5.10 Å². The SMILES string of the molecule is Cn1cc(-c2coc(C(=O)N[C@@H]3CNCC[C@H]3c3ccc(Cl)cc3)c2)cn1. The number of halogens is 1. The third kappa shape index (κ3) is 3.91. The van der Waals surface area contributed by atoms with Crippen LogP contribution in [0.25, 0.3) is 11.1 Å². The van der Waals surface area contributed by atoms with Crippen molar-refractivity contribution in [2.24, 2.45) is 7.05 Å². The molecule has 0 radical (unpaired) electrons. The summed E-state index contributed by atoms with van der Waals surface area (Å²) in [5.41, 5.74) is 2.93. The van der Waals surface area contributed by atoms with Crippen molar-refractivity contribution in [3.8, 4) is 11.1 Å². The summed E-state index contributed by atoms with van der Waals surface area (Å²) in [6, 6.07) is 9.59. The van der Waals surface area contributed by atoms with Gasteiger partial charge >= 0.3 is 0 Å². The number of furan rings is 1. The van der Waals surface area contributed by atoms with Gasteiger partial charge in [-0.25, -0.2) is 0 Å². The van der Waals surface area contributed by atoms with Gasteiger partial charge in [-0.05, 0) is 36.7 Å². The monoisotopic (exact) mass is 384 g/mol. The standard InChI is InChI=1S/C20H21ClN4O2/c1-25-11-15(9-23-25)14-8-19(27-12-14)20(26)24-18-10-22-7-6-17(18)13-2-4-16(21)5-3-13/h2-5,8-9,11-12,17-18,22H,6-7,10H2,1H3,(H,24,26)/t17-,18+/m0/s1. The molecule has 1 amide bonds. The highest BCUT2D eigenvalue weighted by Gasteiger charge is 2.28. The molecule has 1 aliphatic rings. The molecule has 27 heavy (non-hydrogen) atoms. The van der Waals surface area contributed by atoms with Crippen molar-refractivity contribution in [3.05, 3.63) is 65.3 Å². The lowest BCUT2D eigenvalue weighted by Gasteiger charge is -2.33. The fraction of sp³-hybridized carbons (Fsp3) is 0.300. The second-order valence-electron chi connectivity index (χ2n) is 6.83. The summed E-state index contributed by atoms with van der Waals surface area (Å²) >= 11 is 6.01. The van der Waals surface area contributed by atoms with Gasteiger partial charge in [0.2, 0.25) is 0 Å². The Bertz CT molecular complexity index is 932. The van der Waals surface area contributed by atoms with Gasteiger partial charge in [-0.1, -0.05) is 23.7 Å². The van der Waals surface area contributed by atoms with E-state index in [0.717, 1.165) is 30.6 Å². The van der Waals surface area contributed by atoms with E-state index in [9.17, 15) is 4.79 Å². The van der Waals surface area contributed by atoms with Crippen LogP contribution in [0.15, 0.2) is 53.4 Å². The summed E-state index contributed by atoms with van der Waals surface area (Å²) in [5.74, 6) is 0.326. The molecule has 2 atom stereocenters. The van der Waals surface area contributed by atoms with Gasteiger partial charge in [-0.15, -0.1) is 0 Å². The number of amides is 1. The van der Waals surface area contributed by atoms with Crippen LogP contribution in [0.1, 0.15) is 28.5 Å². The minimum atomic E-state index is -0.210. The number of carbonyl (C=O) groups is 1. The van der Waals surface area contributed by atoms with Crippen molar-refractivity contribution in [2.45, 2.75) is 18.4 Å². The molecule has 0 saturated carbocycles. The number of hydrogen-bond acceptors (Lipinski definition) is 4. The minimum absolute atomic E-state index is 0.0145. The zero-order chi connectivity index (χ0) is 18.8. The number of hydrogen-bond donors (Lipinski definition) is 2. The Morgan fingerprint density at radius 1 is 1.33 bits per heavy atom. The van der Waals surface area contributed by atoms with Crippen LogP contribution in [-0.2, 0) is 7.05 Å². The van der Waals surface area contributed by atoms with E-state index in [1.54, 1.807) is 23.2 Å². The molecular formula is C20H21ClN4O2. The zero-order valence-electron chi connectivity index (χ0n) is 15.0. The smallest absolute Gasteiger partial charge is 0.287 e. The first-order chi connectivity index (χ1) is 13.1. The predicted octanol–water partition coefficient (Wildman–Crippen LogP) is 3.21. The predicted molar refractivity (Wildman–Crippen MR) is 104 cm³/mol. The maximum Gasteiger partial charge on any atom is 0.287 e. The van der Waals surface area contributed by atoms with E-state index in [1.807, 2.05) is 37.5 Å². The molecule has 1 saturated heterocycles. The van der Waals surface area contributed by atoms with Gasteiger partial charge in [0.15, 0.2) is 5.76 Å². The van der Waals surface area contributed by atoms with Gasteiger partial charge in [-0.3, -0.25) is 9.48 Å². The molecule has 0 bridgehead atoms. The van der Waals surface area contributed by atoms with Crippen LogP contribution in [0.4, 0.5) is 0 Å². The van der Waals surface area contributed by atoms with Crippen molar-refractivity contribution in [2.75, 3.05) is 13.1 Å². The van der Waals surface area contributed by atoms with E-state index in [-0.39, 0.29) is 17.9 Å². The number of rotatable bonds is 4. The molecule has 3 aromatic rings. The highest BCUT2D eigenvalue weighted by atomic mass is 35.5. The second kappa shape index (κ2) is 7.58. The van der Waals surface area contributed by atoms with Crippen LogP contribution in [0.3, 0.4) is 0 Å². The molecule has 7 heteroatoms. The summed E-state index contributed by atoms with van der Waals surface area (Å²) in [6.07, 6.45) is 6.16. The van der Waals surface area contributed by atoms with Crippen LogP contribution in [0, 0.1) is 0 Å². The fourth-order valence-corrected chi connectivity index (χ4v) is 3.66. The molecule has 0 spiro atoms. The van der Waals surface area contributed by atoms with Crippen LogP contribution in [0.5, 0.6) is 0 Å². The summed E-state index contributed by atoms with van der Waals surface area (Å²) < 4.78 is 7.22. The molecule has 1 aromatic carbocycles.